The number of hydrogen-bond acceptors (Lipinski definition) is 5. The molecule has 0 aliphatic heterocycles. The number of ether oxygens (including phenoxy) is 1. The number of nitrogens with one attached hydrogen (secondary N) is 1. The second-order valence-electron chi connectivity index (χ2n) is 7.46. The van der Waals surface area contributed by atoms with Crippen LogP contribution < -0.4 is 10.1 Å². The third kappa shape index (κ3) is 6.16. The first kappa shape index (κ1) is 24.7. The van der Waals surface area contributed by atoms with Crippen LogP contribution in [0.5, 0.6) is 5.75 Å². The number of furan rings is 1. The van der Waals surface area contributed by atoms with Gasteiger partial charge in [0.2, 0.25) is 0 Å². The van der Waals surface area contributed by atoms with E-state index in [2.05, 4.69) is 10.0 Å². The van der Waals surface area contributed by atoms with Gasteiger partial charge in [-0.3, -0.25) is 4.79 Å². The number of hydrogen-bond donors (Lipinski definition) is 1. The van der Waals surface area contributed by atoms with E-state index in [1.807, 2.05) is 6.07 Å². The zero-order chi connectivity index (χ0) is 25.0. The van der Waals surface area contributed by atoms with Crippen molar-refractivity contribution in [2.75, 3.05) is 5.32 Å². The van der Waals surface area contributed by atoms with Gasteiger partial charge in [-0.2, -0.15) is 0 Å². The second kappa shape index (κ2) is 10.4. The van der Waals surface area contributed by atoms with Gasteiger partial charge in [0.15, 0.2) is 5.76 Å². The minimum atomic E-state index is -3.90. The Morgan fingerprint density at radius 2 is 1.74 bits per heavy atom. The van der Waals surface area contributed by atoms with E-state index < -0.39 is 15.9 Å². The standard InChI is InChI=1S/C25H19Cl2N2O5S/c1-16-4-2-3-5-22(16)29-35(31,32)20-10-7-18(8-11-20)28-25(30)23-13-9-19(34-23)15-33-24-14-17(26)6-12-21(24)27/h2-14H,15H2,1H3,(H,28,30)/q-1. The maximum atomic E-state index is 12.6. The van der Waals surface area contributed by atoms with Crippen LogP contribution in [0.25, 0.3) is 4.72 Å². The Bertz CT molecular complexity index is 1470. The molecule has 0 bridgehead atoms. The van der Waals surface area contributed by atoms with E-state index >= 15 is 0 Å². The highest BCUT2D eigenvalue weighted by atomic mass is 35.5. The molecule has 1 N–H and O–H groups in total. The molecule has 1 amide bonds. The lowest BCUT2D eigenvalue weighted by molar-refractivity contribution is 0.0992. The Balaban J connectivity index is 1.37. The first-order chi connectivity index (χ1) is 16.7. The first-order valence-corrected chi connectivity index (χ1v) is 12.5. The molecule has 0 saturated heterocycles. The third-order valence-corrected chi connectivity index (χ3v) is 6.74. The fourth-order valence-corrected chi connectivity index (χ4v) is 4.45. The highest BCUT2D eigenvalue weighted by Crippen LogP contribution is 2.31. The Morgan fingerprint density at radius 3 is 2.49 bits per heavy atom. The molecule has 4 aromatic rings. The highest BCUT2D eigenvalue weighted by Gasteiger charge is 2.13. The normalized spacial score (nSPS) is 11.2. The maximum absolute atomic E-state index is 12.6. The number of anilines is 1. The van der Waals surface area contributed by atoms with Crippen LogP contribution in [0.3, 0.4) is 0 Å². The molecule has 10 heteroatoms. The summed E-state index contributed by atoms with van der Waals surface area (Å²) in [5, 5.41) is 3.54. The Kier molecular flexibility index (Phi) is 7.35. The molecule has 0 spiro atoms. The van der Waals surface area contributed by atoms with Gasteiger partial charge in [0, 0.05) is 16.8 Å². The molecule has 1 aromatic heterocycles. The smallest absolute Gasteiger partial charge is 0.291 e. The fraction of sp³-hybridized carbons (Fsp3) is 0.0800. The number of benzene rings is 3. The molecule has 7 nitrogen and oxygen atoms in total. The van der Waals surface area contributed by atoms with Crippen LogP contribution in [0.4, 0.5) is 11.4 Å². The Labute approximate surface area is 212 Å². The maximum Gasteiger partial charge on any atom is 0.291 e. The minimum Gasteiger partial charge on any atom is -0.572 e. The van der Waals surface area contributed by atoms with Crippen molar-refractivity contribution in [3.8, 4) is 5.75 Å². The molecule has 3 aromatic carbocycles. The summed E-state index contributed by atoms with van der Waals surface area (Å²) in [5.74, 6) is 0.362. The Hall–Kier alpha value is -3.46. The van der Waals surface area contributed by atoms with Crippen LogP contribution in [0.2, 0.25) is 10.0 Å². The predicted molar refractivity (Wildman–Crippen MR) is 135 cm³/mol. The summed E-state index contributed by atoms with van der Waals surface area (Å²) in [6, 6.07) is 20.6. The summed E-state index contributed by atoms with van der Waals surface area (Å²) in [5.41, 5.74) is 1.52. The summed E-state index contributed by atoms with van der Waals surface area (Å²) in [6.07, 6.45) is 0. The lowest BCUT2D eigenvalue weighted by Gasteiger charge is -2.24. The second-order valence-corrected chi connectivity index (χ2v) is 9.91. The van der Waals surface area contributed by atoms with Crippen LogP contribution in [0.1, 0.15) is 21.9 Å². The van der Waals surface area contributed by atoms with Crippen molar-refractivity contribution in [1.82, 2.24) is 0 Å². The van der Waals surface area contributed by atoms with Crippen LogP contribution in [0, 0.1) is 6.92 Å². The number of nitrogens with zero attached hydrogens (tertiary/aromatic N) is 1. The number of carbonyl (C=O) groups excluding carboxylic acids is 1. The van der Waals surface area contributed by atoms with E-state index in [1.54, 1.807) is 49.4 Å². The largest absolute Gasteiger partial charge is 0.572 e. The number of carbonyl (C=O) groups is 1. The summed E-state index contributed by atoms with van der Waals surface area (Å²) in [4.78, 5) is 12.5. The number of sulfonamides is 1. The van der Waals surface area contributed by atoms with Crippen molar-refractivity contribution in [1.29, 1.82) is 0 Å². The van der Waals surface area contributed by atoms with Crippen molar-refractivity contribution in [3.05, 3.63) is 111 Å². The number of halogens is 2. The van der Waals surface area contributed by atoms with Gasteiger partial charge in [-0.15, -0.1) is 5.69 Å². The highest BCUT2D eigenvalue weighted by molar-refractivity contribution is 7.94. The number of aryl methyl sites for hydroxylation is 1. The van der Waals surface area contributed by atoms with Crippen molar-refractivity contribution in [2.24, 2.45) is 0 Å². The summed E-state index contributed by atoms with van der Waals surface area (Å²) in [7, 11) is -3.90. The summed E-state index contributed by atoms with van der Waals surface area (Å²) >= 11 is 12.0. The van der Waals surface area contributed by atoms with Crippen LogP contribution >= 0.6 is 23.2 Å². The van der Waals surface area contributed by atoms with Crippen molar-refractivity contribution >= 4 is 50.5 Å². The lowest BCUT2D eigenvalue weighted by Crippen LogP contribution is -2.11. The number of rotatable bonds is 8. The van der Waals surface area contributed by atoms with E-state index in [-0.39, 0.29) is 17.3 Å². The molecule has 0 atom stereocenters. The van der Waals surface area contributed by atoms with Gasteiger partial charge in [0.25, 0.3) is 5.91 Å². The molecule has 0 aliphatic carbocycles. The molecule has 0 saturated carbocycles. The first-order valence-electron chi connectivity index (χ1n) is 10.3. The summed E-state index contributed by atoms with van der Waals surface area (Å²) < 4.78 is 40.3. The van der Waals surface area contributed by atoms with Crippen molar-refractivity contribution in [3.63, 3.8) is 0 Å². The van der Waals surface area contributed by atoms with Gasteiger partial charge in [-0.1, -0.05) is 53.0 Å². The van der Waals surface area contributed by atoms with E-state index in [1.165, 1.54) is 30.3 Å². The van der Waals surface area contributed by atoms with Gasteiger partial charge in [-0.05, 0) is 55.5 Å². The van der Waals surface area contributed by atoms with E-state index in [9.17, 15) is 13.2 Å². The van der Waals surface area contributed by atoms with Crippen molar-refractivity contribution < 1.29 is 22.4 Å². The van der Waals surface area contributed by atoms with Crippen LogP contribution in [-0.4, -0.2) is 14.3 Å². The quantitative estimate of drug-likeness (QED) is 0.262. The Morgan fingerprint density at radius 1 is 1.00 bits per heavy atom. The van der Waals surface area contributed by atoms with Gasteiger partial charge in [0.1, 0.15) is 28.1 Å². The molecule has 0 radical (unpaired) electrons. The molecule has 4 rings (SSSR count). The molecule has 1 heterocycles. The van der Waals surface area contributed by atoms with E-state index in [0.717, 1.165) is 5.56 Å². The predicted octanol–water partition coefficient (Wildman–Crippen LogP) is 7.12. The van der Waals surface area contributed by atoms with Crippen molar-refractivity contribution in [2.45, 2.75) is 18.4 Å². The molecule has 0 aliphatic rings. The number of amides is 1. The molecule has 0 unspecified atom stereocenters. The van der Waals surface area contributed by atoms with Gasteiger partial charge < -0.3 is 19.2 Å². The average Bonchev–Trinajstić information content (AvgIpc) is 3.31. The van der Waals surface area contributed by atoms with Gasteiger partial charge >= 0.3 is 0 Å². The molecule has 35 heavy (non-hydrogen) atoms. The average molecular weight is 530 g/mol. The monoisotopic (exact) mass is 529 g/mol. The zero-order valence-electron chi connectivity index (χ0n) is 18.4. The molecule has 180 valence electrons. The third-order valence-electron chi connectivity index (χ3n) is 4.89. The lowest BCUT2D eigenvalue weighted by atomic mass is 10.2. The minimum absolute atomic E-state index is 0.0101. The van der Waals surface area contributed by atoms with Crippen LogP contribution in [0.15, 0.2) is 88.2 Å². The zero-order valence-corrected chi connectivity index (χ0v) is 20.7. The molecule has 0 fully saturated rings. The van der Waals surface area contributed by atoms with E-state index in [4.69, 9.17) is 32.4 Å². The summed E-state index contributed by atoms with van der Waals surface area (Å²) in [6.45, 7) is 1.83. The van der Waals surface area contributed by atoms with Gasteiger partial charge in [-0.25, -0.2) is 8.42 Å². The van der Waals surface area contributed by atoms with Crippen LogP contribution in [-0.2, 0) is 16.6 Å². The SMILES string of the molecule is Cc1ccccc1[N-]S(=O)(=O)c1ccc(NC(=O)c2ccc(COc3cc(Cl)ccc3Cl)o2)cc1. The van der Waals surface area contributed by atoms with E-state index in [0.29, 0.717) is 32.9 Å². The molecular weight excluding hydrogens is 511 g/mol. The van der Waals surface area contributed by atoms with Gasteiger partial charge in [0.05, 0.1) is 9.92 Å². The molecular formula is C25H19Cl2N2O5S-. The topological polar surface area (TPSA) is 99.7 Å². The fourth-order valence-electron chi connectivity index (χ4n) is 3.07.